The van der Waals surface area contributed by atoms with Crippen LogP contribution in [0.15, 0.2) is 36.4 Å². The highest BCUT2D eigenvalue weighted by Crippen LogP contribution is 2.54. The molecule has 0 aliphatic carbocycles. The van der Waals surface area contributed by atoms with Crippen molar-refractivity contribution in [3.05, 3.63) is 63.8 Å². The van der Waals surface area contributed by atoms with E-state index >= 15 is 0 Å². The molecule has 0 saturated heterocycles. The molecule has 0 fully saturated rings. The number of halogens is 21. The third-order valence-corrected chi connectivity index (χ3v) is 18.9. The molecule has 604 valence electrons. The van der Waals surface area contributed by atoms with Gasteiger partial charge in [-0.1, -0.05) is 72.7 Å². The number of quaternary nitrogens is 1. The zero-order valence-electron chi connectivity index (χ0n) is 60.9. The number of esters is 5. The number of carboxylic acids is 1. The van der Waals surface area contributed by atoms with E-state index in [4.69, 9.17) is 14.6 Å². The van der Waals surface area contributed by atoms with E-state index in [1.807, 2.05) is 68.6 Å². The second-order valence-corrected chi connectivity index (χ2v) is 31.0. The first-order valence-electron chi connectivity index (χ1n) is 31.5. The molecular weight excluding hydrogens is 1790 g/mol. The second kappa shape index (κ2) is 41.3. The van der Waals surface area contributed by atoms with Gasteiger partial charge >= 0.3 is 84.3 Å². The Balaban J connectivity index is -0.00000125. The highest BCUT2D eigenvalue weighted by molar-refractivity contribution is 14.1. The molecule has 0 heterocycles. The summed E-state index contributed by atoms with van der Waals surface area (Å²) in [5, 5.41) is 19.6. The molecule has 38 heteroatoms. The molecule has 0 radical (unpaired) electrons. The van der Waals surface area contributed by atoms with E-state index in [9.17, 15) is 118 Å². The minimum absolute atomic E-state index is 0.0832. The molecule has 0 aromatic heterocycles. The number of carbonyl (C=O) groups is 7. The first-order chi connectivity index (χ1) is 46.3. The number of carbonyl (C=O) groups excluding carboxylic acids is 7. The van der Waals surface area contributed by atoms with Crippen LogP contribution in [0.3, 0.4) is 0 Å². The molecule has 0 saturated carbocycles. The van der Waals surface area contributed by atoms with Gasteiger partial charge in [0.05, 0.1) is 42.3 Å². The zero-order chi connectivity index (χ0) is 83.2. The van der Waals surface area contributed by atoms with Gasteiger partial charge in [0.2, 0.25) is 0 Å². The summed E-state index contributed by atoms with van der Waals surface area (Å²) in [4.78, 5) is 82.2. The minimum Gasteiger partial charge on any atom is -0.550 e. The Hall–Kier alpha value is -4.62. The van der Waals surface area contributed by atoms with Crippen molar-refractivity contribution in [2.24, 2.45) is 22.2 Å². The zero-order valence-corrected chi connectivity index (χ0v) is 67.3. The molecule has 2 aromatic rings. The van der Waals surface area contributed by atoms with Gasteiger partial charge in [-0.15, -0.1) is 0 Å². The molecule has 2 N–H and O–H groups in total. The number of rotatable bonds is 27. The second-order valence-electron chi connectivity index (χ2n) is 27.5. The number of nitrogens with one attached hydrogen (secondary N) is 1. The average Bonchev–Trinajstić information content (AvgIpc) is 0.715. The summed E-state index contributed by atoms with van der Waals surface area (Å²) < 4.78 is 266. The first-order valence-corrected chi connectivity index (χ1v) is 34.7. The van der Waals surface area contributed by atoms with Crippen molar-refractivity contribution in [3.63, 3.8) is 0 Å². The number of ether oxygens (including phenoxy) is 7. The van der Waals surface area contributed by atoms with Crippen LogP contribution in [0.5, 0.6) is 0 Å². The number of hydrogen-bond acceptors (Lipinski definition) is 16. The van der Waals surface area contributed by atoms with Crippen molar-refractivity contribution in [2.45, 2.75) is 247 Å². The molecule has 0 bridgehead atoms. The molecule has 0 amide bonds. The van der Waals surface area contributed by atoms with Gasteiger partial charge in [0, 0.05) is 23.1 Å². The predicted octanol–water partition coefficient (Wildman–Crippen LogP) is 16.5. The van der Waals surface area contributed by atoms with Crippen LogP contribution < -0.4 is 10.0 Å². The van der Waals surface area contributed by atoms with Gasteiger partial charge in [0.25, 0.3) is 5.92 Å². The molecule has 104 heavy (non-hydrogen) atoms. The van der Waals surface area contributed by atoms with Crippen LogP contribution in [0.4, 0.5) is 83.8 Å². The van der Waals surface area contributed by atoms with Crippen molar-refractivity contribution < 1.29 is 161 Å². The maximum Gasteiger partial charge on any atom is 0.510 e. The topological polar surface area (TPSA) is 232 Å². The molecule has 2 unspecified atom stereocenters. The fourth-order valence-electron chi connectivity index (χ4n) is 7.04. The normalized spacial score (nSPS) is 13.6. The summed E-state index contributed by atoms with van der Waals surface area (Å²) >= 11 is 6.37. The van der Waals surface area contributed by atoms with Gasteiger partial charge < -0.3 is 53.1 Å². The lowest BCUT2D eigenvalue weighted by Gasteiger charge is -2.46. The molecule has 0 spiro atoms. The maximum atomic E-state index is 13.7. The molecule has 0 aliphatic rings. The number of hydrogen-bond donors (Lipinski definition) is 2. The third-order valence-electron chi connectivity index (χ3n) is 15.2. The van der Waals surface area contributed by atoms with E-state index in [1.165, 1.54) is 72.4 Å². The molecule has 0 aliphatic heterocycles. The Morgan fingerprint density at radius 1 is 0.577 bits per heavy atom. The summed E-state index contributed by atoms with van der Waals surface area (Å²) in [7, 11) is 4.08. The summed E-state index contributed by atoms with van der Waals surface area (Å²) in [6.45, 7) is 25.3. The van der Waals surface area contributed by atoms with Crippen LogP contribution in [-0.2, 0) is 63.7 Å². The summed E-state index contributed by atoms with van der Waals surface area (Å²) in [5.74, 6) is -15.8. The fraction of sp³-hybridized carbons (Fsp3) is 0.712. The van der Waals surface area contributed by atoms with E-state index in [1.54, 1.807) is 25.1 Å². The highest BCUT2D eigenvalue weighted by atomic mass is 127. The molecular formula is C66H92F18I3NO16. The lowest BCUT2D eigenvalue weighted by Crippen LogP contribution is -3.06. The number of carboxylic acid groups (broad SMARTS) is 1. The number of aliphatic carboxylic acids is 1. The van der Waals surface area contributed by atoms with E-state index in [2.05, 4.69) is 91.5 Å². The monoisotopic (exact) mass is 1880 g/mol. The summed E-state index contributed by atoms with van der Waals surface area (Å²) in [6.07, 6.45) is -32.5. The quantitative estimate of drug-likeness (QED) is 0.0278. The van der Waals surface area contributed by atoms with Crippen molar-refractivity contribution >= 4 is 110 Å². The Morgan fingerprint density at radius 2 is 1.01 bits per heavy atom. The van der Waals surface area contributed by atoms with Gasteiger partial charge in [-0.05, 0) is 205 Å². The lowest BCUT2D eigenvalue weighted by atomic mass is 9.82. The van der Waals surface area contributed by atoms with Crippen molar-refractivity contribution in [1.82, 2.24) is 0 Å². The van der Waals surface area contributed by atoms with Crippen LogP contribution in [0.2, 0.25) is 0 Å². The fourth-order valence-corrected chi connectivity index (χ4v) is 9.42. The van der Waals surface area contributed by atoms with E-state index in [0.29, 0.717) is 32.4 Å². The average molecular weight is 1880 g/mol. The molecule has 17 nitrogen and oxygen atoms in total. The Kier molecular flexibility index (Phi) is 41.1. The Morgan fingerprint density at radius 3 is 1.38 bits per heavy atom. The standard InChI is InChI=1S/C17H26F6O5.C15H16F6O3.C13H13I3O4.C11H16F6O2.C10H21NO2/c1-9-13(5,6)10(24)26-14(7,8)15(16(18,19)20,17(21,22)23)28-11(25)27-12(2,3)4;1-3-9(2)11-6-4-10(5-7-11)8-24-12(22)13(23,14(16,17)18)15(19,20)21;1-6(2)10(5-11(17)18)20-13(19)8-3-7(14)4-9(15)12(8)16;1-4-9(2,3)8(18)19-6-10(14,15)5-11(16,17)7(12)13;1-6-10(2,3)9(12)13-8-7-11(4)5/h9H2,1-8H3;4-7,9,23H,3,8H2,1-2H3;3-4,6,10H,5H2,1-2H3,(H,17,18);7H,4-6H2,1-3H3;6-8H2,1-5H3. The molecule has 2 atom stereocenters. The molecule has 2 aromatic carbocycles. The minimum atomic E-state index is -6.25. The van der Waals surface area contributed by atoms with Gasteiger partial charge in [0.1, 0.15) is 31.5 Å². The van der Waals surface area contributed by atoms with Gasteiger partial charge in [-0.25, -0.2) is 40.7 Å². The van der Waals surface area contributed by atoms with Crippen LogP contribution in [-0.4, -0.2) is 152 Å². The third kappa shape index (κ3) is 33.1. The number of benzene rings is 2. The van der Waals surface area contributed by atoms with Crippen molar-refractivity contribution in [1.29, 1.82) is 0 Å². The number of alkyl halides is 18. The Labute approximate surface area is 633 Å². The van der Waals surface area contributed by atoms with Crippen LogP contribution in [0, 0.1) is 32.9 Å². The predicted molar refractivity (Wildman–Crippen MR) is 365 cm³/mol. The first kappa shape index (κ1) is 104. The van der Waals surface area contributed by atoms with Crippen LogP contribution in [0.1, 0.15) is 191 Å². The van der Waals surface area contributed by atoms with Crippen molar-refractivity contribution in [2.75, 3.05) is 33.9 Å². The summed E-state index contributed by atoms with van der Waals surface area (Å²) in [6, 6.07) is 9.82. The Bertz CT molecular complexity index is 3050. The van der Waals surface area contributed by atoms with Gasteiger partial charge in [0.15, 0.2) is 12.2 Å². The summed E-state index contributed by atoms with van der Waals surface area (Å²) in [5.41, 5.74) is -16.7. The van der Waals surface area contributed by atoms with Crippen molar-refractivity contribution in [3.8, 4) is 0 Å². The van der Waals surface area contributed by atoms with E-state index in [0.717, 1.165) is 35.7 Å². The van der Waals surface area contributed by atoms with E-state index in [-0.39, 0.29) is 41.6 Å². The largest absolute Gasteiger partial charge is 0.550 e. The SMILES string of the molecule is CC(C)C(CC(=O)[O-])OC(=O)c1cc(I)cc(I)c1I.CCC(C)(C)C(=O)OC(C)(C)C(OC(=O)OC(C)(C)C)(C(F)(F)F)C(F)(F)F.CCC(C)(C)C(=O)OCC(F)(F)CC(F)(F)C(F)F.CCC(C)(C)C(=O)OCC[NH+](C)C.CCC(C)c1ccc(COC(=O)C(O)(C(F)(F)F)C(F)(F)F)cc1. The highest BCUT2D eigenvalue weighted by Gasteiger charge is 2.83. The lowest BCUT2D eigenvalue weighted by molar-refractivity contribution is -0.858. The van der Waals surface area contributed by atoms with Gasteiger partial charge in [-0.2, -0.15) is 52.7 Å². The number of aliphatic hydroxyl groups is 1. The van der Waals surface area contributed by atoms with E-state index < -0.39 is 138 Å². The number of likely N-dealkylation sites (N-methyl/N-ethyl adjacent to an activating group) is 1. The smallest absolute Gasteiger partial charge is 0.510 e. The van der Waals surface area contributed by atoms with Gasteiger partial charge in [-0.3, -0.25) is 14.4 Å². The van der Waals surface area contributed by atoms with Crippen LogP contribution >= 0.6 is 67.8 Å². The van der Waals surface area contributed by atoms with Crippen LogP contribution in [0.25, 0.3) is 0 Å². The maximum absolute atomic E-state index is 13.7. The molecule has 2 rings (SSSR count).